The number of imidazole rings is 1. The smallest absolute Gasteiger partial charge is 0.128 e. The number of thiazole rings is 1. The molecule has 120 valence electrons. The molecule has 0 N–H and O–H groups in total. The molecule has 6 heteroatoms. The Balaban J connectivity index is 1.74. The van der Waals surface area contributed by atoms with Crippen molar-refractivity contribution in [1.29, 1.82) is 0 Å². The molecular formula is C17H19ClN4S. The summed E-state index contributed by atoms with van der Waals surface area (Å²) in [7, 11) is 4.01. The summed E-state index contributed by atoms with van der Waals surface area (Å²) >= 11 is 7.75. The van der Waals surface area contributed by atoms with E-state index in [1.807, 2.05) is 29.8 Å². The van der Waals surface area contributed by atoms with Crippen LogP contribution >= 0.6 is 22.9 Å². The van der Waals surface area contributed by atoms with Crippen molar-refractivity contribution in [3.63, 3.8) is 0 Å². The number of benzene rings is 1. The van der Waals surface area contributed by atoms with Crippen molar-refractivity contribution in [2.75, 3.05) is 7.05 Å². The van der Waals surface area contributed by atoms with Gasteiger partial charge in [-0.15, -0.1) is 11.3 Å². The second kappa shape index (κ2) is 6.83. The van der Waals surface area contributed by atoms with Crippen molar-refractivity contribution < 1.29 is 0 Å². The summed E-state index contributed by atoms with van der Waals surface area (Å²) in [6.07, 6.45) is 1.69. The third-order valence-electron chi connectivity index (χ3n) is 4.03. The molecular weight excluding hydrogens is 328 g/mol. The van der Waals surface area contributed by atoms with Crippen LogP contribution in [0.4, 0.5) is 0 Å². The minimum absolute atomic E-state index is 0.216. The lowest BCUT2D eigenvalue weighted by Crippen LogP contribution is -2.23. The Hall–Kier alpha value is -1.69. The number of halogens is 1. The molecule has 0 aliphatic rings. The fourth-order valence-electron chi connectivity index (χ4n) is 2.34. The van der Waals surface area contributed by atoms with Gasteiger partial charge in [-0.2, -0.15) is 0 Å². The van der Waals surface area contributed by atoms with E-state index < -0.39 is 0 Å². The summed E-state index contributed by atoms with van der Waals surface area (Å²) in [6.45, 7) is 2.89. The van der Waals surface area contributed by atoms with Crippen molar-refractivity contribution in [1.82, 2.24) is 19.4 Å². The quantitative estimate of drug-likeness (QED) is 0.687. The van der Waals surface area contributed by atoms with Crippen LogP contribution in [-0.2, 0) is 13.6 Å². The largest absolute Gasteiger partial charge is 0.321 e. The van der Waals surface area contributed by atoms with Gasteiger partial charge in [-0.3, -0.25) is 4.90 Å². The SMILES string of the molecule is C[C@@H](c1nc(-c2ccccc2)cs1)N(C)Cc1ncc(Cl)n1C. The van der Waals surface area contributed by atoms with Gasteiger partial charge in [-0.25, -0.2) is 9.97 Å². The molecule has 23 heavy (non-hydrogen) atoms. The van der Waals surface area contributed by atoms with E-state index in [1.54, 1.807) is 17.5 Å². The highest BCUT2D eigenvalue weighted by Crippen LogP contribution is 2.28. The van der Waals surface area contributed by atoms with E-state index in [0.29, 0.717) is 5.15 Å². The minimum Gasteiger partial charge on any atom is -0.321 e. The van der Waals surface area contributed by atoms with Crippen LogP contribution in [0.5, 0.6) is 0 Å². The Morgan fingerprint density at radius 2 is 2.04 bits per heavy atom. The molecule has 0 unspecified atom stereocenters. The maximum atomic E-state index is 6.05. The molecule has 0 aliphatic carbocycles. The third kappa shape index (κ3) is 3.47. The fraction of sp³-hybridized carbons (Fsp3) is 0.294. The van der Waals surface area contributed by atoms with Gasteiger partial charge in [0.1, 0.15) is 16.0 Å². The number of rotatable bonds is 5. The van der Waals surface area contributed by atoms with Gasteiger partial charge in [0.25, 0.3) is 0 Å². The van der Waals surface area contributed by atoms with E-state index in [0.717, 1.165) is 28.6 Å². The lowest BCUT2D eigenvalue weighted by Gasteiger charge is -2.22. The van der Waals surface area contributed by atoms with Crippen molar-refractivity contribution in [2.45, 2.75) is 19.5 Å². The molecule has 1 atom stereocenters. The predicted molar refractivity (Wildman–Crippen MR) is 95.7 cm³/mol. The lowest BCUT2D eigenvalue weighted by molar-refractivity contribution is 0.244. The Morgan fingerprint density at radius 1 is 1.30 bits per heavy atom. The minimum atomic E-state index is 0.216. The lowest BCUT2D eigenvalue weighted by atomic mass is 10.2. The summed E-state index contributed by atoms with van der Waals surface area (Å²) < 4.78 is 1.90. The van der Waals surface area contributed by atoms with Crippen molar-refractivity contribution in [3.8, 4) is 11.3 Å². The summed E-state index contributed by atoms with van der Waals surface area (Å²) in [5.74, 6) is 0.948. The average Bonchev–Trinajstić information content (AvgIpc) is 3.18. The molecule has 0 saturated carbocycles. The second-order valence-corrected chi connectivity index (χ2v) is 6.86. The third-order valence-corrected chi connectivity index (χ3v) is 5.39. The zero-order valence-corrected chi connectivity index (χ0v) is 15.0. The van der Waals surface area contributed by atoms with Crippen LogP contribution in [-0.4, -0.2) is 26.5 Å². The van der Waals surface area contributed by atoms with Gasteiger partial charge >= 0.3 is 0 Å². The van der Waals surface area contributed by atoms with E-state index in [1.165, 1.54) is 0 Å². The first kappa shape index (κ1) is 16.2. The maximum Gasteiger partial charge on any atom is 0.128 e. The van der Waals surface area contributed by atoms with Crippen LogP contribution in [0.15, 0.2) is 41.9 Å². The number of hydrogen-bond acceptors (Lipinski definition) is 4. The highest BCUT2D eigenvalue weighted by molar-refractivity contribution is 7.10. The number of hydrogen-bond donors (Lipinski definition) is 0. The highest BCUT2D eigenvalue weighted by atomic mass is 35.5. The monoisotopic (exact) mass is 346 g/mol. The molecule has 0 spiro atoms. The topological polar surface area (TPSA) is 34.0 Å². The Kier molecular flexibility index (Phi) is 4.80. The van der Waals surface area contributed by atoms with Crippen LogP contribution in [0.1, 0.15) is 23.8 Å². The molecule has 0 bridgehead atoms. The molecule has 2 heterocycles. The second-order valence-electron chi connectivity index (χ2n) is 5.58. The van der Waals surface area contributed by atoms with Gasteiger partial charge in [0.2, 0.25) is 0 Å². The number of nitrogens with zero attached hydrogens (tertiary/aromatic N) is 4. The summed E-state index contributed by atoms with van der Waals surface area (Å²) in [6, 6.07) is 10.5. The van der Waals surface area contributed by atoms with Crippen LogP contribution in [0.3, 0.4) is 0 Å². The Labute approximate surface area is 145 Å². The van der Waals surface area contributed by atoms with Crippen LogP contribution in [0.2, 0.25) is 5.15 Å². The van der Waals surface area contributed by atoms with Crippen LogP contribution in [0, 0.1) is 0 Å². The van der Waals surface area contributed by atoms with E-state index in [4.69, 9.17) is 16.6 Å². The first-order chi connectivity index (χ1) is 11.1. The molecule has 2 aromatic heterocycles. The molecule has 3 aromatic rings. The summed E-state index contributed by atoms with van der Waals surface area (Å²) in [4.78, 5) is 11.4. The van der Waals surface area contributed by atoms with Gasteiger partial charge in [-0.05, 0) is 14.0 Å². The Morgan fingerprint density at radius 3 is 2.70 bits per heavy atom. The first-order valence-electron chi connectivity index (χ1n) is 7.43. The zero-order chi connectivity index (χ0) is 16.4. The van der Waals surface area contributed by atoms with Crippen molar-refractivity contribution in [3.05, 3.63) is 57.9 Å². The van der Waals surface area contributed by atoms with E-state index in [9.17, 15) is 0 Å². The Bertz CT molecular complexity index is 781. The standard InChI is InChI=1S/C17H19ClN4S/c1-12(21(2)10-16-19-9-15(18)22(16)3)17-20-14(11-23-17)13-7-5-4-6-8-13/h4-9,11-12H,10H2,1-3H3/t12-/m0/s1. The molecule has 4 nitrogen and oxygen atoms in total. The van der Waals surface area contributed by atoms with Gasteiger partial charge in [0, 0.05) is 18.0 Å². The predicted octanol–water partition coefficient (Wildman–Crippen LogP) is 4.39. The van der Waals surface area contributed by atoms with Gasteiger partial charge < -0.3 is 4.57 Å². The molecule has 0 radical (unpaired) electrons. The normalized spacial score (nSPS) is 12.7. The molecule has 1 aromatic carbocycles. The molecule has 0 amide bonds. The molecule has 0 saturated heterocycles. The summed E-state index contributed by atoms with van der Waals surface area (Å²) in [5.41, 5.74) is 2.19. The van der Waals surface area contributed by atoms with Crippen LogP contribution < -0.4 is 0 Å². The summed E-state index contributed by atoms with van der Waals surface area (Å²) in [5, 5.41) is 3.88. The highest BCUT2D eigenvalue weighted by Gasteiger charge is 2.18. The van der Waals surface area contributed by atoms with E-state index in [-0.39, 0.29) is 6.04 Å². The maximum absolute atomic E-state index is 6.05. The van der Waals surface area contributed by atoms with Crippen molar-refractivity contribution in [2.24, 2.45) is 7.05 Å². The van der Waals surface area contributed by atoms with Gasteiger partial charge in [0.15, 0.2) is 0 Å². The van der Waals surface area contributed by atoms with Crippen molar-refractivity contribution >= 4 is 22.9 Å². The zero-order valence-electron chi connectivity index (χ0n) is 13.4. The number of aromatic nitrogens is 3. The van der Waals surface area contributed by atoms with Gasteiger partial charge in [0.05, 0.1) is 24.5 Å². The van der Waals surface area contributed by atoms with E-state index in [2.05, 4.69) is 41.4 Å². The fourth-order valence-corrected chi connectivity index (χ4v) is 3.44. The van der Waals surface area contributed by atoms with Crippen LogP contribution in [0.25, 0.3) is 11.3 Å². The molecule has 3 rings (SSSR count). The van der Waals surface area contributed by atoms with Gasteiger partial charge in [-0.1, -0.05) is 41.9 Å². The van der Waals surface area contributed by atoms with E-state index >= 15 is 0 Å². The first-order valence-corrected chi connectivity index (χ1v) is 8.69. The molecule has 0 aliphatic heterocycles. The average molecular weight is 347 g/mol. The molecule has 0 fully saturated rings.